The Balaban J connectivity index is 1.83. The van der Waals surface area contributed by atoms with E-state index in [1.807, 2.05) is 43.5 Å². The number of thiophene rings is 1. The first-order valence-corrected chi connectivity index (χ1v) is 6.69. The van der Waals surface area contributed by atoms with Gasteiger partial charge in [0.25, 0.3) is 0 Å². The van der Waals surface area contributed by atoms with Crippen LogP contribution in [0.3, 0.4) is 0 Å². The molecule has 0 fully saturated rings. The zero-order valence-corrected chi connectivity index (χ0v) is 10.9. The highest BCUT2D eigenvalue weighted by Gasteiger charge is 2.03. The Bertz CT molecular complexity index is 675. The second-order valence-electron chi connectivity index (χ2n) is 4.12. The second kappa shape index (κ2) is 4.74. The van der Waals surface area contributed by atoms with E-state index in [-0.39, 0.29) is 0 Å². The average molecular weight is 255 g/mol. The van der Waals surface area contributed by atoms with Gasteiger partial charge in [-0.3, -0.25) is 9.97 Å². The summed E-state index contributed by atoms with van der Waals surface area (Å²) in [6, 6.07) is 10.1. The summed E-state index contributed by atoms with van der Waals surface area (Å²) in [7, 11) is 0. The predicted octanol–water partition coefficient (Wildman–Crippen LogP) is 3.61. The van der Waals surface area contributed by atoms with Crippen LogP contribution < -0.4 is 5.32 Å². The van der Waals surface area contributed by atoms with E-state index in [9.17, 15) is 0 Å². The normalized spacial score (nSPS) is 10.7. The van der Waals surface area contributed by atoms with Crippen molar-refractivity contribution in [1.82, 2.24) is 9.97 Å². The minimum Gasteiger partial charge on any atom is -0.378 e. The molecule has 0 aliphatic rings. The van der Waals surface area contributed by atoms with Gasteiger partial charge in [0, 0.05) is 11.9 Å². The molecule has 3 aromatic rings. The molecular weight excluding hydrogens is 242 g/mol. The van der Waals surface area contributed by atoms with Gasteiger partial charge in [0.1, 0.15) is 0 Å². The summed E-state index contributed by atoms with van der Waals surface area (Å²) >= 11 is 1.71. The van der Waals surface area contributed by atoms with Crippen molar-refractivity contribution in [3.8, 4) is 0 Å². The van der Waals surface area contributed by atoms with Gasteiger partial charge in [-0.15, -0.1) is 11.3 Å². The van der Waals surface area contributed by atoms with E-state index in [2.05, 4.69) is 20.7 Å². The minimum absolute atomic E-state index is 0.735. The molecule has 90 valence electrons. The van der Waals surface area contributed by atoms with Crippen LogP contribution >= 0.6 is 11.3 Å². The number of nitrogens with one attached hydrogen (secondary N) is 1. The van der Waals surface area contributed by atoms with Gasteiger partial charge < -0.3 is 5.32 Å². The standard InChI is InChI=1S/C14H13N3S/c1-10-3-2-4-11(17-10)9-16-12-5-7-15-13-6-8-18-14(12)13/h2-8H,9H2,1H3,(H,15,16). The molecule has 0 amide bonds. The number of nitrogens with zero attached hydrogens (tertiary/aromatic N) is 2. The van der Waals surface area contributed by atoms with Crippen LogP contribution in [0.4, 0.5) is 5.69 Å². The van der Waals surface area contributed by atoms with Crippen molar-refractivity contribution in [1.29, 1.82) is 0 Å². The molecule has 3 rings (SSSR count). The molecule has 0 aliphatic carbocycles. The van der Waals surface area contributed by atoms with Crippen LogP contribution in [0.15, 0.2) is 41.9 Å². The molecule has 0 radical (unpaired) electrons. The van der Waals surface area contributed by atoms with E-state index in [1.165, 1.54) is 4.70 Å². The highest BCUT2D eigenvalue weighted by atomic mass is 32.1. The van der Waals surface area contributed by atoms with Gasteiger partial charge in [-0.1, -0.05) is 6.07 Å². The van der Waals surface area contributed by atoms with Crippen molar-refractivity contribution >= 4 is 27.2 Å². The van der Waals surface area contributed by atoms with E-state index >= 15 is 0 Å². The Hall–Kier alpha value is -1.94. The first-order chi connectivity index (χ1) is 8.83. The van der Waals surface area contributed by atoms with Gasteiger partial charge in [0.15, 0.2) is 0 Å². The Morgan fingerprint density at radius 1 is 1.22 bits per heavy atom. The van der Waals surface area contributed by atoms with Crippen molar-refractivity contribution in [2.75, 3.05) is 5.32 Å². The van der Waals surface area contributed by atoms with E-state index in [4.69, 9.17) is 0 Å². The van der Waals surface area contributed by atoms with E-state index < -0.39 is 0 Å². The van der Waals surface area contributed by atoms with Gasteiger partial charge in [-0.05, 0) is 36.6 Å². The van der Waals surface area contributed by atoms with E-state index in [1.54, 1.807) is 11.3 Å². The molecule has 1 N–H and O–H groups in total. The lowest BCUT2D eigenvalue weighted by Gasteiger charge is -2.07. The lowest BCUT2D eigenvalue weighted by molar-refractivity contribution is 1.02. The molecule has 0 aromatic carbocycles. The van der Waals surface area contributed by atoms with Crippen molar-refractivity contribution < 1.29 is 0 Å². The highest BCUT2D eigenvalue weighted by Crippen LogP contribution is 2.26. The van der Waals surface area contributed by atoms with E-state index in [0.29, 0.717) is 0 Å². The molecule has 3 aromatic heterocycles. The summed E-state index contributed by atoms with van der Waals surface area (Å²) in [5.41, 5.74) is 4.27. The Morgan fingerprint density at radius 3 is 3.06 bits per heavy atom. The summed E-state index contributed by atoms with van der Waals surface area (Å²) in [5, 5.41) is 5.49. The van der Waals surface area contributed by atoms with Crippen molar-refractivity contribution in [2.45, 2.75) is 13.5 Å². The summed E-state index contributed by atoms with van der Waals surface area (Å²) < 4.78 is 1.20. The van der Waals surface area contributed by atoms with E-state index in [0.717, 1.165) is 29.1 Å². The van der Waals surface area contributed by atoms with Crippen LogP contribution in [0.1, 0.15) is 11.4 Å². The SMILES string of the molecule is Cc1cccc(CNc2ccnc3ccsc23)n1. The van der Waals surface area contributed by atoms with Gasteiger partial charge in [-0.2, -0.15) is 0 Å². The Morgan fingerprint density at radius 2 is 2.17 bits per heavy atom. The van der Waals surface area contributed by atoms with Crippen molar-refractivity contribution in [3.05, 3.63) is 53.3 Å². The summed E-state index contributed by atoms with van der Waals surface area (Å²) in [6.07, 6.45) is 1.83. The Kier molecular flexibility index (Phi) is 2.94. The summed E-state index contributed by atoms with van der Waals surface area (Å²) in [4.78, 5) is 8.81. The molecule has 18 heavy (non-hydrogen) atoms. The molecular formula is C14H13N3S. The van der Waals surface area contributed by atoms with Crippen LogP contribution in [0.25, 0.3) is 10.2 Å². The molecule has 3 nitrogen and oxygen atoms in total. The minimum atomic E-state index is 0.735. The molecule has 0 bridgehead atoms. The second-order valence-corrected chi connectivity index (χ2v) is 5.03. The molecule has 0 spiro atoms. The molecule has 4 heteroatoms. The molecule has 3 heterocycles. The average Bonchev–Trinajstić information content (AvgIpc) is 2.85. The quantitative estimate of drug-likeness (QED) is 0.777. The molecule has 0 aliphatic heterocycles. The fourth-order valence-electron chi connectivity index (χ4n) is 1.90. The third kappa shape index (κ3) is 2.19. The maximum Gasteiger partial charge on any atom is 0.0830 e. The van der Waals surface area contributed by atoms with Crippen LogP contribution in [-0.4, -0.2) is 9.97 Å². The van der Waals surface area contributed by atoms with Crippen LogP contribution in [0, 0.1) is 6.92 Å². The number of fused-ring (bicyclic) bond motifs is 1. The largest absolute Gasteiger partial charge is 0.378 e. The number of hydrogen-bond acceptors (Lipinski definition) is 4. The number of hydrogen-bond donors (Lipinski definition) is 1. The van der Waals surface area contributed by atoms with Crippen LogP contribution in [0.5, 0.6) is 0 Å². The highest BCUT2D eigenvalue weighted by molar-refractivity contribution is 7.17. The predicted molar refractivity (Wildman–Crippen MR) is 75.9 cm³/mol. The van der Waals surface area contributed by atoms with Crippen molar-refractivity contribution in [3.63, 3.8) is 0 Å². The number of pyridine rings is 2. The maximum atomic E-state index is 4.48. The molecule has 0 saturated carbocycles. The van der Waals surface area contributed by atoms with Gasteiger partial charge in [0.05, 0.1) is 28.1 Å². The zero-order valence-electron chi connectivity index (χ0n) is 10.1. The number of anilines is 1. The maximum absolute atomic E-state index is 4.48. The lowest BCUT2D eigenvalue weighted by Crippen LogP contribution is -2.02. The number of rotatable bonds is 3. The van der Waals surface area contributed by atoms with Gasteiger partial charge in [-0.25, -0.2) is 0 Å². The fraction of sp³-hybridized carbons (Fsp3) is 0.143. The number of aryl methyl sites for hydroxylation is 1. The zero-order chi connectivity index (χ0) is 12.4. The first kappa shape index (κ1) is 11.2. The van der Waals surface area contributed by atoms with Gasteiger partial charge in [0.2, 0.25) is 0 Å². The topological polar surface area (TPSA) is 37.8 Å². The first-order valence-electron chi connectivity index (χ1n) is 5.81. The van der Waals surface area contributed by atoms with Crippen LogP contribution in [-0.2, 0) is 6.54 Å². The smallest absolute Gasteiger partial charge is 0.0830 e. The third-order valence-electron chi connectivity index (χ3n) is 2.75. The lowest BCUT2D eigenvalue weighted by atomic mass is 10.3. The Labute approximate surface area is 110 Å². The summed E-state index contributed by atoms with van der Waals surface area (Å²) in [5.74, 6) is 0. The number of aromatic nitrogens is 2. The molecule has 0 saturated heterocycles. The molecule has 0 unspecified atom stereocenters. The van der Waals surface area contributed by atoms with Crippen molar-refractivity contribution in [2.24, 2.45) is 0 Å². The summed E-state index contributed by atoms with van der Waals surface area (Å²) in [6.45, 7) is 2.74. The fourth-order valence-corrected chi connectivity index (χ4v) is 2.74. The molecule has 0 atom stereocenters. The van der Waals surface area contributed by atoms with Gasteiger partial charge >= 0.3 is 0 Å². The monoisotopic (exact) mass is 255 g/mol. The third-order valence-corrected chi connectivity index (χ3v) is 3.69. The van der Waals surface area contributed by atoms with Crippen LogP contribution in [0.2, 0.25) is 0 Å².